The van der Waals surface area contributed by atoms with Gasteiger partial charge >= 0.3 is 0 Å². The van der Waals surface area contributed by atoms with Crippen LogP contribution in [0.3, 0.4) is 0 Å². The van der Waals surface area contributed by atoms with Crippen molar-refractivity contribution in [2.45, 2.75) is 38.4 Å². The summed E-state index contributed by atoms with van der Waals surface area (Å²) in [5, 5.41) is 0. The Bertz CT molecular complexity index is 435. The molecule has 0 aliphatic carbocycles. The molecule has 0 spiro atoms. The predicted molar refractivity (Wildman–Crippen MR) is 77.5 cm³/mol. The minimum absolute atomic E-state index is 0.638. The van der Waals surface area contributed by atoms with Crippen molar-refractivity contribution in [2.75, 3.05) is 26.7 Å². The Balaban J connectivity index is 1.72. The average Bonchev–Trinajstić information content (AvgIpc) is 2.87. The van der Waals surface area contributed by atoms with Gasteiger partial charge in [-0.3, -0.25) is 9.80 Å². The van der Waals surface area contributed by atoms with Crippen LogP contribution in [-0.4, -0.2) is 48.6 Å². The van der Waals surface area contributed by atoms with E-state index in [9.17, 15) is 0 Å². The number of benzene rings is 1. The first-order chi connectivity index (χ1) is 9.28. The summed E-state index contributed by atoms with van der Waals surface area (Å²) >= 11 is 0. The lowest BCUT2D eigenvalue weighted by atomic mass is 10.1. The molecule has 2 heterocycles. The topological polar surface area (TPSA) is 15.7 Å². The van der Waals surface area contributed by atoms with Crippen molar-refractivity contribution in [1.82, 2.24) is 9.80 Å². The third-order valence-electron chi connectivity index (χ3n) is 4.63. The SMILES string of the molecule is COc1ccccc1CN1C[C@H]2CCCN2C[C@H]1C. The van der Waals surface area contributed by atoms with Gasteiger partial charge in [0.25, 0.3) is 0 Å². The second-order valence-corrected chi connectivity index (χ2v) is 5.88. The van der Waals surface area contributed by atoms with Gasteiger partial charge < -0.3 is 4.74 Å². The van der Waals surface area contributed by atoms with Crippen LogP contribution < -0.4 is 4.74 Å². The zero-order valence-electron chi connectivity index (χ0n) is 12.0. The number of piperazine rings is 1. The number of methoxy groups -OCH3 is 1. The van der Waals surface area contributed by atoms with Gasteiger partial charge in [-0.1, -0.05) is 18.2 Å². The molecule has 2 saturated heterocycles. The van der Waals surface area contributed by atoms with Gasteiger partial charge in [-0.25, -0.2) is 0 Å². The van der Waals surface area contributed by atoms with E-state index in [1.807, 2.05) is 6.07 Å². The maximum absolute atomic E-state index is 5.47. The van der Waals surface area contributed by atoms with E-state index in [0.717, 1.165) is 18.3 Å². The van der Waals surface area contributed by atoms with E-state index in [-0.39, 0.29) is 0 Å². The van der Waals surface area contributed by atoms with Crippen molar-refractivity contribution in [3.63, 3.8) is 0 Å². The fraction of sp³-hybridized carbons (Fsp3) is 0.625. The molecule has 3 rings (SSSR count). The highest BCUT2D eigenvalue weighted by atomic mass is 16.5. The standard InChI is InChI=1S/C16H24N2O/c1-13-10-17-9-5-7-15(17)12-18(13)11-14-6-3-4-8-16(14)19-2/h3-4,6,8,13,15H,5,7,9-12H2,1-2H3/t13-,15-/m1/s1. The van der Waals surface area contributed by atoms with Gasteiger partial charge in [0.05, 0.1) is 7.11 Å². The van der Waals surface area contributed by atoms with Gasteiger partial charge in [0.2, 0.25) is 0 Å². The van der Waals surface area contributed by atoms with Gasteiger partial charge in [-0.05, 0) is 32.4 Å². The van der Waals surface area contributed by atoms with E-state index in [2.05, 4.69) is 34.9 Å². The molecule has 0 saturated carbocycles. The second-order valence-electron chi connectivity index (χ2n) is 5.88. The summed E-state index contributed by atoms with van der Waals surface area (Å²) in [5.74, 6) is 1.02. The molecule has 2 aliphatic heterocycles. The molecule has 0 bridgehead atoms. The molecule has 3 heteroatoms. The van der Waals surface area contributed by atoms with Crippen LogP contribution in [0, 0.1) is 0 Å². The molecular formula is C16H24N2O. The molecule has 2 aliphatic rings. The summed E-state index contributed by atoms with van der Waals surface area (Å²) in [6.45, 7) is 7.09. The fourth-order valence-corrected chi connectivity index (χ4v) is 3.52. The minimum Gasteiger partial charge on any atom is -0.496 e. The Kier molecular flexibility index (Phi) is 3.76. The average molecular weight is 260 g/mol. The Morgan fingerprint density at radius 3 is 2.95 bits per heavy atom. The number of fused-ring (bicyclic) bond motifs is 1. The molecule has 0 radical (unpaired) electrons. The zero-order valence-corrected chi connectivity index (χ0v) is 12.0. The normalized spacial score (nSPS) is 28.3. The lowest BCUT2D eigenvalue weighted by Crippen LogP contribution is -2.54. The zero-order chi connectivity index (χ0) is 13.2. The summed E-state index contributed by atoms with van der Waals surface area (Å²) in [6.07, 6.45) is 2.75. The largest absolute Gasteiger partial charge is 0.496 e. The number of ether oxygens (including phenoxy) is 1. The molecule has 104 valence electrons. The van der Waals surface area contributed by atoms with Crippen LogP contribution in [-0.2, 0) is 6.54 Å². The van der Waals surface area contributed by atoms with E-state index in [1.54, 1.807) is 7.11 Å². The maximum Gasteiger partial charge on any atom is 0.123 e. The molecule has 0 aromatic heterocycles. The Hall–Kier alpha value is -1.06. The van der Waals surface area contributed by atoms with Crippen LogP contribution in [0.4, 0.5) is 0 Å². The Morgan fingerprint density at radius 1 is 1.26 bits per heavy atom. The number of hydrogen-bond donors (Lipinski definition) is 0. The van der Waals surface area contributed by atoms with Crippen molar-refractivity contribution < 1.29 is 4.74 Å². The van der Waals surface area contributed by atoms with E-state index < -0.39 is 0 Å². The van der Waals surface area contributed by atoms with Crippen molar-refractivity contribution in [3.8, 4) is 5.75 Å². The molecule has 19 heavy (non-hydrogen) atoms. The van der Waals surface area contributed by atoms with Crippen molar-refractivity contribution >= 4 is 0 Å². The van der Waals surface area contributed by atoms with E-state index >= 15 is 0 Å². The first-order valence-electron chi connectivity index (χ1n) is 7.38. The summed E-state index contributed by atoms with van der Waals surface area (Å²) in [6, 6.07) is 9.82. The minimum atomic E-state index is 0.638. The smallest absolute Gasteiger partial charge is 0.123 e. The molecule has 0 amide bonds. The summed E-state index contributed by atoms with van der Waals surface area (Å²) in [5.41, 5.74) is 1.31. The highest BCUT2D eigenvalue weighted by Gasteiger charge is 2.34. The van der Waals surface area contributed by atoms with Gasteiger partial charge in [-0.2, -0.15) is 0 Å². The van der Waals surface area contributed by atoms with Crippen LogP contribution in [0.15, 0.2) is 24.3 Å². The molecule has 0 N–H and O–H groups in total. The molecule has 2 atom stereocenters. The summed E-state index contributed by atoms with van der Waals surface area (Å²) in [4.78, 5) is 5.29. The highest BCUT2D eigenvalue weighted by Crippen LogP contribution is 2.27. The molecule has 3 nitrogen and oxygen atoms in total. The van der Waals surface area contributed by atoms with E-state index in [1.165, 1.54) is 38.0 Å². The third-order valence-corrected chi connectivity index (χ3v) is 4.63. The second kappa shape index (κ2) is 5.51. The van der Waals surface area contributed by atoms with Crippen molar-refractivity contribution in [1.29, 1.82) is 0 Å². The van der Waals surface area contributed by atoms with Crippen LogP contribution in [0.1, 0.15) is 25.3 Å². The number of hydrogen-bond acceptors (Lipinski definition) is 3. The van der Waals surface area contributed by atoms with Gasteiger partial charge in [0, 0.05) is 37.3 Å². The van der Waals surface area contributed by atoms with Gasteiger partial charge in [-0.15, -0.1) is 0 Å². The number of para-hydroxylation sites is 1. The van der Waals surface area contributed by atoms with E-state index in [0.29, 0.717) is 6.04 Å². The lowest BCUT2D eigenvalue weighted by Gasteiger charge is -2.42. The fourth-order valence-electron chi connectivity index (χ4n) is 3.52. The third kappa shape index (κ3) is 2.63. The van der Waals surface area contributed by atoms with Gasteiger partial charge in [0.1, 0.15) is 5.75 Å². The van der Waals surface area contributed by atoms with Crippen LogP contribution in [0.25, 0.3) is 0 Å². The predicted octanol–water partition coefficient (Wildman–Crippen LogP) is 2.36. The number of nitrogens with zero attached hydrogens (tertiary/aromatic N) is 2. The van der Waals surface area contributed by atoms with Crippen molar-refractivity contribution in [2.24, 2.45) is 0 Å². The maximum atomic E-state index is 5.47. The first-order valence-corrected chi connectivity index (χ1v) is 7.38. The molecule has 2 fully saturated rings. The van der Waals surface area contributed by atoms with E-state index in [4.69, 9.17) is 4.74 Å². The monoisotopic (exact) mass is 260 g/mol. The highest BCUT2D eigenvalue weighted by molar-refractivity contribution is 5.33. The molecule has 0 unspecified atom stereocenters. The van der Waals surface area contributed by atoms with Gasteiger partial charge in [0.15, 0.2) is 0 Å². The summed E-state index contributed by atoms with van der Waals surface area (Å²) < 4.78 is 5.47. The van der Waals surface area contributed by atoms with Crippen molar-refractivity contribution in [3.05, 3.63) is 29.8 Å². The lowest BCUT2D eigenvalue weighted by molar-refractivity contribution is 0.0535. The molecular weight excluding hydrogens is 236 g/mol. The Labute approximate surface area is 116 Å². The quantitative estimate of drug-likeness (QED) is 0.830. The molecule has 1 aromatic carbocycles. The van der Waals surface area contributed by atoms with Crippen LogP contribution >= 0.6 is 0 Å². The Morgan fingerprint density at radius 2 is 2.11 bits per heavy atom. The first kappa shape index (κ1) is 12.9. The number of rotatable bonds is 3. The summed E-state index contributed by atoms with van der Waals surface area (Å²) in [7, 11) is 1.76. The van der Waals surface area contributed by atoms with Crippen LogP contribution in [0.5, 0.6) is 5.75 Å². The van der Waals surface area contributed by atoms with Crippen LogP contribution in [0.2, 0.25) is 0 Å². The molecule has 1 aromatic rings.